The molecule has 0 heterocycles. The van der Waals surface area contributed by atoms with Crippen LogP contribution in [0.15, 0.2) is 57.9 Å². The van der Waals surface area contributed by atoms with Gasteiger partial charge >= 0.3 is 5.97 Å². The second-order valence-corrected chi connectivity index (χ2v) is 10.9. The van der Waals surface area contributed by atoms with E-state index >= 15 is 0 Å². The number of carbonyl (C=O) groups excluding carboxylic acids is 2. The average Bonchev–Trinajstić information content (AvgIpc) is 2.78. The number of halogens is 1. The van der Waals surface area contributed by atoms with E-state index in [4.69, 9.17) is 0 Å². The van der Waals surface area contributed by atoms with Gasteiger partial charge in [0.05, 0.1) is 12.0 Å². The first-order valence-electron chi connectivity index (χ1n) is 10.1. The maximum atomic E-state index is 12.9. The largest absolute Gasteiger partial charge is 0.469 e. The van der Waals surface area contributed by atoms with Crippen LogP contribution < -0.4 is 10.0 Å². The molecule has 0 bridgehead atoms. The van der Waals surface area contributed by atoms with Crippen molar-refractivity contribution in [2.24, 2.45) is 0 Å². The number of esters is 1. The molecule has 2 aromatic carbocycles. The molecule has 1 atom stereocenters. The van der Waals surface area contributed by atoms with Crippen molar-refractivity contribution < 1.29 is 22.7 Å². The molecule has 0 saturated heterocycles. The van der Waals surface area contributed by atoms with E-state index in [2.05, 4.69) is 30.7 Å². The van der Waals surface area contributed by atoms with Crippen LogP contribution in [0.25, 0.3) is 0 Å². The Morgan fingerprint density at radius 2 is 1.75 bits per heavy atom. The normalized spacial score (nSPS) is 12.2. The van der Waals surface area contributed by atoms with Crippen LogP contribution in [0.2, 0.25) is 0 Å². The number of nitrogens with one attached hydrogen (secondary N) is 2. The lowest BCUT2D eigenvalue weighted by Crippen LogP contribution is -2.44. The maximum absolute atomic E-state index is 12.9. The number of sulfonamides is 1. The van der Waals surface area contributed by atoms with Gasteiger partial charge in [0, 0.05) is 16.6 Å². The monoisotopic (exact) mass is 542 g/mol. The average molecular weight is 544 g/mol. The molecule has 0 unspecified atom stereocenters. The zero-order chi connectivity index (χ0) is 23.6. The van der Waals surface area contributed by atoms with E-state index in [1.807, 2.05) is 19.1 Å². The molecule has 1 amide bonds. The number of amides is 1. The van der Waals surface area contributed by atoms with E-state index in [0.29, 0.717) is 24.3 Å². The number of hydrogen-bond acceptors (Lipinski definition) is 6. The summed E-state index contributed by atoms with van der Waals surface area (Å²) in [7, 11) is -2.51. The summed E-state index contributed by atoms with van der Waals surface area (Å²) < 4.78 is 33.5. The molecule has 174 valence electrons. The second-order valence-electron chi connectivity index (χ2n) is 6.88. The highest BCUT2D eigenvalue weighted by Crippen LogP contribution is 2.17. The van der Waals surface area contributed by atoms with Gasteiger partial charge in [0.2, 0.25) is 15.9 Å². The third-order valence-electron chi connectivity index (χ3n) is 4.56. The summed E-state index contributed by atoms with van der Waals surface area (Å²) in [6.45, 7) is 2.01. The lowest BCUT2D eigenvalue weighted by molar-refractivity contribution is -0.140. The summed E-state index contributed by atoms with van der Waals surface area (Å²) in [5.41, 5.74) is 1.48. The first kappa shape index (κ1) is 26.4. The molecule has 0 radical (unpaired) electrons. The number of ether oxygens (including phenoxy) is 1. The molecule has 2 aromatic rings. The predicted molar refractivity (Wildman–Crippen MR) is 131 cm³/mol. The standard InChI is InChI=1S/C22H27BrN2O5S2/c1-3-31-15-14-20(25-32(28,29)19-11-7-17(23)8-12-19)22(27)24-18-9-4-16(5-10-18)6-13-21(26)30-2/h4-5,7-12,20,25H,3,6,13-15H2,1-2H3,(H,24,27)/t20-/m0/s1. The lowest BCUT2D eigenvalue weighted by atomic mass is 10.1. The topological polar surface area (TPSA) is 102 Å². The van der Waals surface area contributed by atoms with E-state index in [1.165, 1.54) is 19.2 Å². The van der Waals surface area contributed by atoms with Gasteiger partial charge in [0.25, 0.3) is 0 Å². The van der Waals surface area contributed by atoms with Gasteiger partial charge in [0.15, 0.2) is 0 Å². The highest BCUT2D eigenvalue weighted by molar-refractivity contribution is 9.10. The van der Waals surface area contributed by atoms with Crippen LogP contribution in [-0.4, -0.2) is 45.0 Å². The van der Waals surface area contributed by atoms with E-state index in [9.17, 15) is 18.0 Å². The summed E-state index contributed by atoms with van der Waals surface area (Å²) >= 11 is 4.92. The number of hydrogen-bond donors (Lipinski definition) is 2. The Hall–Kier alpha value is -1.88. The van der Waals surface area contributed by atoms with Crippen LogP contribution in [0.5, 0.6) is 0 Å². The summed E-state index contributed by atoms with van der Waals surface area (Å²) in [5.74, 6) is 0.808. The van der Waals surface area contributed by atoms with Gasteiger partial charge in [-0.1, -0.05) is 35.0 Å². The quantitative estimate of drug-likeness (QED) is 0.310. The van der Waals surface area contributed by atoms with Crippen LogP contribution >= 0.6 is 27.7 Å². The highest BCUT2D eigenvalue weighted by atomic mass is 79.9. The minimum atomic E-state index is -3.86. The molecule has 32 heavy (non-hydrogen) atoms. The third kappa shape index (κ3) is 8.57. The van der Waals surface area contributed by atoms with Gasteiger partial charge in [-0.15, -0.1) is 0 Å². The third-order valence-corrected chi connectivity index (χ3v) is 7.51. The molecule has 0 aromatic heterocycles. The molecule has 0 aliphatic carbocycles. The van der Waals surface area contributed by atoms with Crippen molar-refractivity contribution in [3.05, 3.63) is 58.6 Å². The fraction of sp³-hybridized carbons (Fsp3) is 0.364. The van der Waals surface area contributed by atoms with Gasteiger partial charge in [-0.05, 0) is 66.3 Å². The summed E-state index contributed by atoms with van der Waals surface area (Å²) in [4.78, 5) is 24.3. The summed E-state index contributed by atoms with van der Waals surface area (Å²) in [6.07, 6.45) is 1.17. The van der Waals surface area contributed by atoms with Crippen molar-refractivity contribution in [1.29, 1.82) is 0 Å². The molecule has 2 rings (SSSR count). The van der Waals surface area contributed by atoms with Gasteiger partial charge < -0.3 is 10.1 Å². The first-order valence-corrected chi connectivity index (χ1v) is 13.5. The summed E-state index contributed by atoms with van der Waals surface area (Å²) in [6, 6.07) is 12.4. The lowest BCUT2D eigenvalue weighted by Gasteiger charge is -2.19. The molecular formula is C22H27BrN2O5S2. The Balaban J connectivity index is 2.08. The van der Waals surface area contributed by atoms with E-state index < -0.39 is 22.0 Å². The molecule has 10 heteroatoms. The fourth-order valence-electron chi connectivity index (χ4n) is 2.79. The fourth-order valence-corrected chi connectivity index (χ4v) is 4.98. The van der Waals surface area contributed by atoms with Gasteiger partial charge in [-0.25, -0.2) is 8.42 Å². The van der Waals surface area contributed by atoms with Crippen molar-refractivity contribution in [2.45, 2.75) is 37.1 Å². The Morgan fingerprint density at radius 1 is 1.09 bits per heavy atom. The smallest absolute Gasteiger partial charge is 0.305 e. The molecule has 0 aliphatic rings. The first-order chi connectivity index (χ1) is 15.2. The van der Waals surface area contributed by atoms with Crippen LogP contribution in [0.4, 0.5) is 5.69 Å². The van der Waals surface area contributed by atoms with Crippen LogP contribution in [-0.2, 0) is 30.8 Å². The van der Waals surface area contributed by atoms with E-state index in [0.717, 1.165) is 15.8 Å². The Kier molecular flexibility index (Phi) is 10.7. The zero-order valence-corrected chi connectivity index (χ0v) is 21.2. The Bertz CT molecular complexity index is 996. The van der Waals surface area contributed by atoms with Crippen molar-refractivity contribution in [1.82, 2.24) is 4.72 Å². The van der Waals surface area contributed by atoms with Crippen LogP contribution in [0, 0.1) is 0 Å². The Labute approximate surface area is 201 Å². The minimum absolute atomic E-state index is 0.0941. The number of benzene rings is 2. The molecule has 0 aliphatic heterocycles. The number of methoxy groups -OCH3 is 1. The van der Waals surface area contributed by atoms with Crippen molar-refractivity contribution in [3.8, 4) is 0 Å². The number of carbonyl (C=O) groups is 2. The molecule has 2 N–H and O–H groups in total. The predicted octanol–water partition coefficient (Wildman–Crippen LogP) is 3.98. The molecule has 0 fully saturated rings. The van der Waals surface area contributed by atoms with Gasteiger partial charge in [0.1, 0.15) is 6.04 Å². The van der Waals surface area contributed by atoms with Crippen LogP contribution in [0.1, 0.15) is 25.3 Å². The van der Waals surface area contributed by atoms with E-state index in [1.54, 1.807) is 36.0 Å². The summed E-state index contributed by atoms with van der Waals surface area (Å²) in [5, 5.41) is 2.78. The second kappa shape index (κ2) is 13.0. The van der Waals surface area contributed by atoms with Crippen molar-refractivity contribution in [2.75, 3.05) is 23.9 Å². The zero-order valence-electron chi connectivity index (χ0n) is 18.0. The highest BCUT2D eigenvalue weighted by Gasteiger charge is 2.25. The maximum Gasteiger partial charge on any atom is 0.305 e. The number of anilines is 1. The number of thioether (sulfide) groups is 1. The number of aryl methyl sites for hydroxylation is 1. The van der Waals surface area contributed by atoms with Crippen molar-refractivity contribution in [3.63, 3.8) is 0 Å². The van der Waals surface area contributed by atoms with E-state index in [-0.39, 0.29) is 17.3 Å². The molecular weight excluding hydrogens is 516 g/mol. The SMILES string of the molecule is CCSCC[C@H](NS(=O)(=O)c1ccc(Br)cc1)C(=O)Nc1ccc(CCC(=O)OC)cc1. The molecule has 0 spiro atoms. The minimum Gasteiger partial charge on any atom is -0.469 e. The van der Waals surface area contributed by atoms with Gasteiger partial charge in [-0.2, -0.15) is 16.5 Å². The number of rotatable bonds is 12. The van der Waals surface area contributed by atoms with Crippen molar-refractivity contribution >= 4 is 55.3 Å². The molecule has 0 saturated carbocycles. The Morgan fingerprint density at radius 3 is 2.34 bits per heavy atom. The van der Waals surface area contributed by atoms with Crippen LogP contribution in [0.3, 0.4) is 0 Å². The van der Waals surface area contributed by atoms with Gasteiger partial charge in [-0.3, -0.25) is 9.59 Å². The molecule has 7 nitrogen and oxygen atoms in total.